The monoisotopic (exact) mass is 480 g/mol. The maximum Gasteiger partial charge on any atom is 0.242 e. The fourth-order valence-electron chi connectivity index (χ4n) is 4.57. The van der Waals surface area contributed by atoms with Crippen molar-refractivity contribution in [1.82, 2.24) is 10.6 Å². The van der Waals surface area contributed by atoms with Gasteiger partial charge in [-0.05, 0) is 36.7 Å². The van der Waals surface area contributed by atoms with Crippen molar-refractivity contribution in [2.24, 2.45) is 11.8 Å². The van der Waals surface area contributed by atoms with Crippen LogP contribution in [0.15, 0.2) is 30.3 Å². The van der Waals surface area contributed by atoms with Crippen LogP contribution in [0, 0.1) is 11.8 Å². The van der Waals surface area contributed by atoms with E-state index >= 15 is 0 Å². The predicted molar refractivity (Wildman–Crippen MR) is 131 cm³/mol. The Morgan fingerprint density at radius 1 is 1.09 bits per heavy atom. The molecule has 0 aromatic heterocycles. The SMILES string of the molecule is CC(C)C[C@H](NC(=O)CCc1ccccc1)C(=O)N[C@@H](CC1CCCCC1)C(O)C[PH](=O)O. The number of hydrogen-bond acceptors (Lipinski definition) is 4. The third-order valence-electron chi connectivity index (χ3n) is 6.33. The number of aryl methyl sites for hydroxylation is 1. The Balaban J connectivity index is 2.01. The Morgan fingerprint density at radius 2 is 1.76 bits per heavy atom. The van der Waals surface area contributed by atoms with Gasteiger partial charge in [-0.2, -0.15) is 0 Å². The Labute approximate surface area is 198 Å². The molecule has 0 saturated heterocycles. The molecule has 1 aromatic carbocycles. The lowest BCUT2D eigenvalue weighted by Crippen LogP contribution is -2.53. The molecule has 33 heavy (non-hydrogen) atoms. The highest BCUT2D eigenvalue weighted by Crippen LogP contribution is 2.29. The first-order valence-corrected chi connectivity index (χ1v) is 13.8. The zero-order valence-corrected chi connectivity index (χ0v) is 21.0. The van der Waals surface area contributed by atoms with Crippen molar-refractivity contribution in [1.29, 1.82) is 0 Å². The van der Waals surface area contributed by atoms with Gasteiger partial charge in [0.15, 0.2) is 8.03 Å². The minimum absolute atomic E-state index is 0.186. The maximum absolute atomic E-state index is 13.2. The predicted octanol–water partition coefficient (Wildman–Crippen LogP) is 3.43. The summed E-state index contributed by atoms with van der Waals surface area (Å²) in [6.45, 7) is 3.98. The Kier molecular flexibility index (Phi) is 12.1. The molecule has 1 aromatic rings. The molecule has 0 spiro atoms. The molecule has 8 heteroatoms. The third-order valence-corrected chi connectivity index (χ3v) is 7.10. The van der Waals surface area contributed by atoms with Crippen LogP contribution in [-0.4, -0.2) is 46.2 Å². The minimum atomic E-state index is -2.87. The van der Waals surface area contributed by atoms with Crippen LogP contribution >= 0.6 is 8.03 Å². The van der Waals surface area contributed by atoms with E-state index in [0.717, 1.165) is 31.2 Å². The number of hydrogen-bond donors (Lipinski definition) is 4. The van der Waals surface area contributed by atoms with Crippen molar-refractivity contribution in [3.05, 3.63) is 35.9 Å². The van der Waals surface area contributed by atoms with Gasteiger partial charge in [0.05, 0.1) is 18.3 Å². The van der Waals surface area contributed by atoms with Gasteiger partial charge in [-0.15, -0.1) is 0 Å². The first-order valence-electron chi connectivity index (χ1n) is 12.3. The van der Waals surface area contributed by atoms with Crippen molar-refractivity contribution in [3.8, 4) is 0 Å². The van der Waals surface area contributed by atoms with Crippen LogP contribution in [0.1, 0.15) is 70.8 Å². The van der Waals surface area contributed by atoms with Crippen molar-refractivity contribution < 1.29 is 24.2 Å². The molecule has 0 radical (unpaired) electrons. The summed E-state index contributed by atoms with van der Waals surface area (Å²) < 4.78 is 11.4. The van der Waals surface area contributed by atoms with Crippen LogP contribution in [0.2, 0.25) is 0 Å². The van der Waals surface area contributed by atoms with Crippen molar-refractivity contribution in [2.75, 3.05) is 6.16 Å². The first kappa shape index (κ1) is 27.6. The van der Waals surface area contributed by atoms with Gasteiger partial charge in [0.1, 0.15) is 6.04 Å². The molecule has 0 aliphatic heterocycles. The third kappa shape index (κ3) is 10.9. The highest BCUT2D eigenvalue weighted by atomic mass is 31.1. The fraction of sp³-hybridized carbons (Fsp3) is 0.680. The summed E-state index contributed by atoms with van der Waals surface area (Å²) in [5.41, 5.74) is 1.06. The largest absolute Gasteiger partial charge is 0.390 e. The molecule has 0 bridgehead atoms. The standard InChI is InChI=1S/C25H41N2O5P/c1-18(2)15-22(26-24(29)14-13-19-9-5-3-6-10-19)25(30)27-21(23(28)17-33(31)32)16-20-11-7-4-8-12-20/h3,5-6,9-10,18,20-23,28,33H,4,7-8,11-17H2,1-2H3,(H,26,29)(H,27,30)(H,31,32)/t21-,22-,23?/m0/s1. The number of aliphatic hydroxyl groups is 1. The second kappa shape index (κ2) is 14.5. The van der Waals surface area contributed by atoms with Gasteiger partial charge in [-0.1, -0.05) is 76.3 Å². The molecule has 1 fully saturated rings. The quantitative estimate of drug-likeness (QED) is 0.323. The number of rotatable bonds is 13. The molecular weight excluding hydrogens is 439 g/mol. The summed E-state index contributed by atoms with van der Waals surface area (Å²) in [6.07, 6.45) is 6.16. The molecule has 7 nitrogen and oxygen atoms in total. The second-order valence-electron chi connectivity index (χ2n) is 9.76. The summed E-state index contributed by atoms with van der Waals surface area (Å²) in [7, 11) is -2.87. The van der Waals surface area contributed by atoms with Crippen LogP contribution in [0.3, 0.4) is 0 Å². The molecule has 1 aliphatic rings. The highest BCUT2D eigenvalue weighted by Gasteiger charge is 2.30. The van der Waals surface area contributed by atoms with E-state index in [2.05, 4.69) is 10.6 Å². The Bertz CT molecular complexity index is 752. The molecule has 1 aliphatic carbocycles. The highest BCUT2D eigenvalue weighted by molar-refractivity contribution is 7.38. The van der Waals surface area contributed by atoms with E-state index in [9.17, 15) is 24.2 Å². The molecule has 2 amide bonds. The van der Waals surface area contributed by atoms with Gasteiger partial charge in [0, 0.05) is 6.42 Å². The van der Waals surface area contributed by atoms with Gasteiger partial charge in [0.25, 0.3) is 0 Å². The molecule has 1 saturated carbocycles. The smallest absolute Gasteiger partial charge is 0.242 e. The Morgan fingerprint density at radius 3 is 2.36 bits per heavy atom. The lowest BCUT2D eigenvalue weighted by Gasteiger charge is -2.31. The number of benzene rings is 1. The fourth-order valence-corrected chi connectivity index (χ4v) is 5.21. The van der Waals surface area contributed by atoms with Crippen LogP contribution in [-0.2, 0) is 20.6 Å². The lowest BCUT2D eigenvalue weighted by molar-refractivity contribution is -0.130. The van der Waals surface area contributed by atoms with Crippen LogP contribution < -0.4 is 10.6 Å². The zero-order valence-electron chi connectivity index (χ0n) is 20.0. The van der Waals surface area contributed by atoms with Gasteiger partial charge in [0.2, 0.25) is 11.8 Å². The van der Waals surface area contributed by atoms with E-state index in [-0.39, 0.29) is 30.3 Å². The van der Waals surface area contributed by atoms with E-state index < -0.39 is 26.2 Å². The molecule has 2 unspecified atom stereocenters. The van der Waals surface area contributed by atoms with Crippen molar-refractivity contribution >= 4 is 19.8 Å². The van der Waals surface area contributed by atoms with Crippen LogP contribution in [0.4, 0.5) is 0 Å². The number of carbonyl (C=O) groups excluding carboxylic acids is 2. The average molecular weight is 481 g/mol. The summed E-state index contributed by atoms with van der Waals surface area (Å²) in [4.78, 5) is 35.1. The van der Waals surface area contributed by atoms with E-state index in [0.29, 0.717) is 25.2 Å². The van der Waals surface area contributed by atoms with Crippen molar-refractivity contribution in [2.45, 2.75) is 89.8 Å². The summed E-state index contributed by atoms with van der Waals surface area (Å²) in [5, 5.41) is 16.4. The van der Waals surface area contributed by atoms with Gasteiger partial charge >= 0.3 is 0 Å². The van der Waals surface area contributed by atoms with E-state index in [4.69, 9.17) is 0 Å². The van der Waals surface area contributed by atoms with E-state index in [1.54, 1.807) is 0 Å². The normalized spacial score (nSPS) is 18.3. The number of amides is 2. The summed E-state index contributed by atoms with van der Waals surface area (Å²) in [5.74, 6) is 0.0354. The number of nitrogens with one attached hydrogen (secondary N) is 2. The van der Waals surface area contributed by atoms with Crippen LogP contribution in [0.25, 0.3) is 0 Å². The molecule has 0 heterocycles. The topological polar surface area (TPSA) is 116 Å². The molecule has 4 atom stereocenters. The minimum Gasteiger partial charge on any atom is -0.390 e. The van der Waals surface area contributed by atoms with Gasteiger partial charge < -0.3 is 20.6 Å². The first-order chi connectivity index (χ1) is 15.7. The Hall–Kier alpha value is -1.69. The molecule has 4 N–H and O–H groups in total. The number of carbonyl (C=O) groups is 2. The average Bonchev–Trinajstić information content (AvgIpc) is 2.77. The molecule has 186 valence electrons. The van der Waals surface area contributed by atoms with Crippen LogP contribution in [0.5, 0.6) is 0 Å². The van der Waals surface area contributed by atoms with E-state index in [1.165, 1.54) is 6.42 Å². The molecular formula is C25H41N2O5P. The maximum atomic E-state index is 13.2. The zero-order chi connectivity index (χ0) is 24.2. The van der Waals surface area contributed by atoms with Gasteiger partial charge in [-0.25, -0.2) is 0 Å². The lowest BCUT2D eigenvalue weighted by atomic mass is 9.83. The summed E-state index contributed by atoms with van der Waals surface area (Å²) >= 11 is 0. The molecule has 2 rings (SSSR count). The number of aliphatic hydroxyl groups excluding tert-OH is 1. The van der Waals surface area contributed by atoms with Gasteiger partial charge in [-0.3, -0.25) is 14.2 Å². The van der Waals surface area contributed by atoms with E-state index in [1.807, 2.05) is 44.2 Å². The summed E-state index contributed by atoms with van der Waals surface area (Å²) in [6, 6.07) is 8.42. The second-order valence-corrected chi connectivity index (χ2v) is 11.0. The van der Waals surface area contributed by atoms with Crippen molar-refractivity contribution in [3.63, 3.8) is 0 Å².